The number of hydrogen-bond acceptors (Lipinski definition) is 9. The van der Waals surface area contributed by atoms with E-state index in [1.807, 2.05) is 0 Å². The number of hydrogen-bond donors (Lipinski definition) is 5. The minimum absolute atomic E-state index is 0.152. The number of rotatable bonds is 25. The Bertz CT molecular complexity index is 769. The molecule has 5 N–H and O–H groups in total. The van der Waals surface area contributed by atoms with Crippen molar-refractivity contribution >= 4 is 17.8 Å². The van der Waals surface area contributed by atoms with E-state index in [2.05, 4.69) is 17.6 Å². The monoisotopic (exact) mass is 616 g/mol. The molecule has 43 heavy (non-hydrogen) atoms. The third kappa shape index (κ3) is 17.9. The summed E-state index contributed by atoms with van der Waals surface area (Å²) in [5.74, 6) is -1.87. The lowest BCUT2D eigenvalue weighted by Gasteiger charge is -2.43. The van der Waals surface area contributed by atoms with E-state index in [9.17, 15) is 24.6 Å². The molecule has 1 heterocycles. The Kier molecular flexibility index (Phi) is 21.5. The molecule has 11 heteroatoms. The summed E-state index contributed by atoms with van der Waals surface area (Å²) in [5.41, 5.74) is 0. The number of esters is 1. The second kappa shape index (κ2) is 23.6. The molecule has 0 bridgehead atoms. The third-order valence-corrected chi connectivity index (χ3v) is 7.93. The van der Waals surface area contributed by atoms with Crippen LogP contribution in [-0.2, 0) is 28.6 Å². The summed E-state index contributed by atoms with van der Waals surface area (Å²) in [6.07, 6.45) is 13.3. The van der Waals surface area contributed by atoms with Crippen LogP contribution in [0.25, 0.3) is 0 Å². The average Bonchev–Trinajstić information content (AvgIpc) is 2.96. The predicted octanol–water partition coefficient (Wildman–Crippen LogP) is 4.21. The first-order valence-electron chi connectivity index (χ1n) is 16.6. The van der Waals surface area contributed by atoms with Crippen molar-refractivity contribution in [3.05, 3.63) is 0 Å². The van der Waals surface area contributed by atoms with Gasteiger partial charge in [-0.1, -0.05) is 96.8 Å². The van der Waals surface area contributed by atoms with Crippen molar-refractivity contribution in [1.29, 1.82) is 0 Å². The van der Waals surface area contributed by atoms with Crippen LogP contribution in [0.15, 0.2) is 0 Å². The normalized spacial score (nSPS) is 23.4. The first-order chi connectivity index (χ1) is 20.6. The summed E-state index contributed by atoms with van der Waals surface area (Å²) < 4.78 is 16.7. The standard InChI is InChI=1S/C32H60N2O9/c1-5-6-7-8-9-10-11-12-13-14-15-16-17-18-19-20-27(36)41-22-26-29(37)30(28(32(40)43-26)34-25(4)35)42-23(2)21-33-24(3)31(38)39/h23-24,26,28-30,32-33,37,40H,5-22H2,1-4H3,(H,34,35)(H,38,39)/t23?,24-,26+,28+,29+,30+,32-/m0/s1. The zero-order chi connectivity index (χ0) is 32.0. The molecule has 0 aromatic rings. The number of ether oxygens (including phenoxy) is 3. The molecule has 0 aromatic heterocycles. The first kappa shape index (κ1) is 39.2. The number of carboxylic acid groups (broad SMARTS) is 1. The Morgan fingerprint density at radius 2 is 1.35 bits per heavy atom. The highest BCUT2D eigenvalue weighted by Gasteiger charge is 2.47. The molecule has 0 aromatic carbocycles. The molecule has 1 saturated heterocycles. The van der Waals surface area contributed by atoms with Gasteiger partial charge in [0, 0.05) is 19.9 Å². The molecule has 1 aliphatic rings. The second-order valence-corrected chi connectivity index (χ2v) is 12.0. The van der Waals surface area contributed by atoms with Gasteiger partial charge in [0.1, 0.15) is 37.0 Å². The zero-order valence-corrected chi connectivity index (χ0v) is 27.1. The van der Waals surface area contributed by atoms with Crippen molar-refractivity contribution in [2.24, 2.45) is 0 Å². The lowest BCUT2D eigenvalue weighted by molar-refractivity contribution is -0.268. The van der Waals surface area contributed by atoms with Crippen molar-refractivity contribution in [3.8, 4) is 0 Å². The smallest absolute Gasteiger partial charge is 0.320 e. The number of carbonyl (C=O) groups excluding carboxylic acids is 2. The molecule has 1 aliphatic heterocycles. The molecule has 0 saturated carbocycles. The van der Waals surface area contributed by atoms with Gasteiger partial charge in [-0.2, -0.15) is 0 Å². The fourth-order valence-corrected chi connectivity index (χ4v) is 5.26. The minimum atomic E-state index is -1.50. The fraction of sp³-hybridized carbons (Fsp3) is 0.906. The van der Waals surface area contributed by atoms with E-state index in [-0.39, 0.29) is 19.6 Å². The fourth-order valence-electron chi connectivity index (χ4n) is 5.26. The molecule has 0 aliphatic carbocycles. The molecule has 0 spiro atoms. The van der Waals surface area contributed by atoms with Gasteiger partial charge >= 0.3 is 11.9 Å². The van der Waals surface area contributed by atoms with Crippen molar-refractivity contribution in [2.75, 3.05) is 13.2 Å². The highest BCUT2D eigenvalue weighted by Crippen LogP contribution is 2.24. The van der Waals surface area contributed by atoms with Crippen LogP contribution in [0.5, 0.6) is 0 Å². The van der Waals surface area contributed by atoms with E-state index >= 15 is 0 Å². The molecule has 252 valence electrons. The maximum Gasteiger partial charge on any atom is 0.320 e. The zero-order valence-electron chi connectivity index (χ0n) is 27.1. The van der Waals surface area contributed by atoms with Gasteiger partial charge in [0.25, 0.3) is 0 Å². The van der Waals surface area contributed by atoms with Gasteiger partial charge in [-0.05, 0) is 20.3 Å². The van der Waals surface area contributed by atoms with E-state index in [4.69, 9.17) is 19.3 Å². The number of unbranched alkanes of at least 4 members (excludes halogenated alkanes) is 14. The summed E-state index contributed by atoms with van der Waals surface area (Å²) >= 11 is 0. The number of carboxylic acids is 1. The molecule has 1 unspecified atom stereocenters. The van der Waals surface area contributed by atoms with E-state index in [0.29, 0.717) is 0 Å². The van der Waals surface area contributed by atoms with Gasteiger partial charge in [-0.3, -0.25) is 14.4 Å². The predicted molar refractivity (Wildman–Crippen MR) is 164 cm³/mol. The number of aliphatic hydroxyl groups is 2. The van der Waals surface area contributed by atoms with Crippen LogP contribution in [0, 0.1) is 0 Å². The van der Waals surface area contributed by atoms with Gasteiger partial charge in [0.05, 0.1) is 6.10 Å². The Hall–Kier alpha value is -1.79. The van der Waals surface area contributed by atoms with Gasteiger partial charge < -0.3 is 40.2 Å². The van der Waals surface area contributed by atoms with Crippen LogP contribution >= 0.6 is 0 Å². The second-order valence-electron chi connectivity index (χ2n) is 12.0. The van der Waals surface area contributed by atoms with E-state index in [0.717, 1.165) is 19.3 Å². The quantitative estimate of drug-likeness (QED) is 0.0741. The number of aliphatic hydroxyl groups excluding tert-OH is 2. The number of amides is 1. The highest BCUT2D eigenvalue weighted by atomic mass is 16.6. The number of aliphatic carboxylic acids is 1. The van der Waals surface area contributed by atoms with E-state index < -0.39 is 60.6 Å². The topological polar surface area (TPSA) is 164 Å². The van der Waals surface area contributed by atoms with Crippen molar-refractivity contribution in [2.45, 2.75) is 173 Å². The molecule has 1 amide bonds. The maximum atomic E-state index is 12.3. The summed E-state index contributed by atoms with van der Waals surface area (Å²) in [6.45, 7) is 6.56. The van der Waals surface area contributed by atoms with Crippen LogP contribution in [0.4, 0.5) is 0 Å². The summed E-state index contributed by atoms with van der Waals surface area (Å²) in [5, 5.41) is 35.9. The summed E-state index contributed by atoms with van der Waals surface area (Å²) in [6, 6.07) is -1.88. The molecule has 0 radical (unpaired) electrons. The van der Waals surface area contributed by atoms with Gasteiger partial charge in [0.15, 0.2) is 6.29 Å². The van der Waals surface area contributed by atoms with Crippen LogP contribution in [-0.4, -0.2) is 89.1 Å². The largest absolute Gasteiger partial charge is 0.480 e. The SMILES string of the molecule is CCCCCCCCCCCCCCCCCC(=O)OC[C@H]1O[C@H](O)[C@H](NC(C)=O)[C@@H](OC(C)CN[C@@H](C)C(=O)O)[C@@H]1O. The van der Waals surface area contributed by atoms with E-state index in [1.54, 1.807) is 6.92 Å². The summed E-state index contributed by atoms with van der Waals surface area (Å²) in [7, 11) is 0. The third-order valence-electron chi connectivity index (χ3n) is 7.93. The van der Waals surface area contributed by atoms with Gasteiger partial charge in [-0.15, -0.1) is 0 Å². The van der Waals surface area contributed by atoms with Crippen LogP contribution in [0.2, 0.25) is 0 Å². The van der Waals surface area contributed by atoms with Crippen molar-refractivity contribution in [1.82, 2.24) is 10.6 Å². The highest BCUT2D eigenvalue weighted by molar-refractivity contribution is 5.73. The van der Waals surface area contributed by atoms with Crippen LogP contribution in [0.3, 0.4) is 0 Å². The molecule has 1 rings (SSSR count). The minimum Gasteiger partial charge on any atom is -0.480 e. The Morgan fingerprint density at radius 3 is 1.84 bits per heavy atom. The van der Waals surface area contributed by atoms with Crippen LogP contribution < -0.4 is 10.6 Å². The molecule has 7 atom stereocenters. The Morgan fingerprint density at radius 1 is 0.837 bits per heavy atom. The van der Waals surface area contributed by atoms with Gasteiger partial charge in [-0.25, -0.2) is 0 Å². The molecular weight excluding hydrogens is 556 g/mol. The van der Waals surface area contributed by atoms with Crippen molar-refractivity contribution < 1.29 is 43.9 Å². The number of carbonyl (C=O) groups is 3. The Balaban J connectivity index is 2.30. The first-order valence-corrected chi connectivity index (χ1v) is 16.6. The van der Waals surface area contributed by atoms with Gasteiger partial charge in [0.2, 0.25) is 5.91 Å². The molecule has 11 nitrogen and oxygen atoms in total. The lowest BCUT2D eigenvalue weighted by atomic mass is 9.96. The average molecular weight is 617 g/mol. The molecule has 1 fully saturated rings. The lowest BCUT2D eigenvalue weighted by Crippen LogP contribution is -2.65. The summed E-state index contributed by atoms with van der Waals surface area (Å²) in [4.78, 5) is 35.1. The maximum absolute atomic E-state index is 12.3. The Labute approximate surface area is 258 Å². The number of nitrogens with one attached hydrogen (secondary N) is 2. The van der Waals surface area contributed by atoms with Crippen LogP contribution in [0.1, 0.15) is 130 Å². The van der Waals surface area contributed by atoms with E-state index in [1.165, 1.54) is 90.9 Å². The molecular formula is C32H60N2O9. The van der Waals surface area contributed by atoms with Crippen molar-refractivity contribution in [3.63, 3.8) is 0 Å².